The van der Waals surface area contributed by atoms with Crippen LogP contribution in [0.4, 0.5) is 26.3 Å². The number of rotatable bonds is 9. The Bertz CT molecular complexity index is 892. The summed E-state index contributed by atoms with van der Waals surface area (Å²) >= 11 is 0. The van der Waals surface area contributed by atoms with Crippen LogP contribution in [0.5, 0.6) is 0 Å². The maximum Gasteiger partial charge on any atom is 0.407 e. The number of benzene rings is 2. The van der Waals surface area contributed by atoms with E-state index in [1.807, 2.05) is 5.32 Å². The molecule has 0 spiro atoms. The van der Waals surface area contributed by atoms with Crippen molar-refractivity contribution >= 4 is 5.97 Å². The molecule has 2 unspecified atom stereocenters. The Kier molecular flexibility index (Phi) is 7.95. The van der Waals surface area contributed by atoms with Gasteiger partial charge in [0.25, 0.3) is 6.43 Å². The topological polar surface area (TPSA) is 69.6 Å². The molecular formula is C22H23F6NO3. The van der Waals surface area contributed by atoms with Gasteiger partial charge >= 0.3 is 12.1 Å². The van der Waals surface area contributed by atoms with E-state index in [-0.39, 0.29) is 11.1 Å². The molecule has 2 rings (SSSR count). The number of carboxylic acids is 1. The third-order valence-electron chi connectivity index (χ3n) is 4.75. The van der Waals surface area contributed by atoms with Crippen LogP contribution in [0.15, 0.2) is 48.5 Å². The Morgan fingerprint density at radius 1 is 0.906 bits per heavy atom. The molecule has 2 aromatic carbocycles. The van der Waals surface area contributed by atoms with Gasteiger partial charge in [-0.2, -0.15) is 13.2 Å². The van der Waals surface area contributed by atoms with Crippen molar-refractivity contribution in [2.24, 2.45) is 0 Å². The van der Waals surface area contributed by atoms with Gasteiger partial charge in [0.05, 0.1) is 0 Å². The average molecular weight is 463 g/mol. The van der Waals surface area contributed by atoms with Gasteiger partial charge in [-0.3, -0.25) is 10.1 Å². The van der Waals surface area contributed by atoms with E-state index >= 15 is 0 Å². The Morgan fingerprint density at radius 3 is 1.69 bits per heavy atom. The van der Waals surface area contributed by atoms with Crippen molar-refractivity contribution in [3.8, 4) is 11.1 Å². The first-order chi connectivity index (χ1) is 14.7. The molecule has 3 N–H and O–H groups in total. The summed E-state index contributed by atoms with van der Waals surface area (Å²) in [5.74, 6) is -1.60. The Morgan fingerprint density at radius 2 is 1.34 bits per heavy atom. The van der Waals surface area contributed by atoms with Crippen LogP contribution >= 0.6 is 0 Å². The normalized spacial score (nSPS) is 15.4. The van der Waals surface area contributed by atoms with E-state index in [0.717, 1.165) is 26.0 Å². The molecule has 4 nitrogen and oxygen atoms in total. The van der Waals surface area contributed by atoms with E-state index in [4.69, 9.17) is 0 Å². The number of alkyl halides is 6. The van der Waals surface area contributed by atoms with Gasteiger partial charge in [-0.25, -0.2) is 13.2 Å². The highest BCUT2D eigenvalue weighted by Crippen LogP contribution is 2.35. The SMILES string of the molecule is CC(C)(F)C[C@H](NC(c1ccc(-c2ccc(C(O)C(F)F)cc2)cc1)C(F)(F)F)C(=O)O. The monoisotopic (exact) mass is 463 g/mol. The molecule has 0 heterocycles. The second kappa shape index (κ2) is 9.91. The first-order valence-electron chi connectivity index (χ1n) is 9.60. The quantitative estimate of drug-likeness (QED) is 0.434. The van der Waals surface area contributed by atoms with Crippen molar-refractivity contribution in [3.05, 3.63) is 59.7 Å². The van der Waals surface area contributed by atoms with Crippen molar-refractivity contribution in [1.29, 1.82) is 0 Å². The molecule has 0 aliphatic heterocycles. The summed E-state index contributed by atoms with van der Waals surface area (Å²) in [5, 5.41) is 20.6. The van der Waals surface area contributed by atoms with E-state index in [2.05, 4.69) is 0 Å². The molecule has 3 atom stereocenters. The molecule has 0 amide bonds. The van der Waals surface area contributed by atoms with Crippen LogP contribution in [0.1, 0.15) is 43.5 Å². The zero-order valence-electron chi connectivity index (χ0n) is 17.2. The lowest BCUT2D eigenvalue weighted by atomic mass is 9.96. The lowest BCUT2D eigenvalue weighted by Gasteiger charge is -2.28. The highest BCUT2D eigenvalue weighted by atomic mass is 19.4. The minimum absolute atomic E-state index is 0.00259. The van der Waals surface area contributed by atoms with Crippen LogP contribution in [0, 0.1) is 0 Å². The van der Waals surface area contributed by atoms with Gasteiger partial charge in [-0.15, -0.1) is 0 Å². The van der Waals surface area contributed by atoms with Crippen molar-refractivity contribution in [2.75, 3.05) is 0 Å². The average Bonchev–Trinajstić information content (AvgIpc) is 2.69. The van der Waals surface area contributed by atoms with Crippen LogP contribution in [0.2, 0.25) is 0 Å². The Hall–Kier alpha value is -2.59. The summed E-state index contributed by atoms with van der Waals surface area (Å²) in [6.07, 6.45) is -10.4. The zero-order valence-corrected chi connectivity index (χ0v) is 17.2. The van der Waals surface area contributed by atoms with E-state index in [1.54, 1.807) is 0 Å². The van der Waals surface area contributed by atoms with E-state index in [0.29, 0.717) is 11.1 Å². The summed E-state index contributed by atoms with van der Waals surface area (Å²) < 4.78 is 79.9. The van der Waals surface area contributed by atoms with Gasteiger partial charge in [0.1, 0.15) is 23.9 Å². The molecule has 0 aromatic heterocycles. The second-order valence-corrected chi connectivity index (χ2v) is 7.98. The van der Waals surface area contributed by atoms with E-state index < -0.39 is 48.8 Å². The molecule has 0 radical (unpaired) electrons. The number of aliphatic carboxylic acids is 1. The maximum absolute atomic E-state index is 13.9. The first-order valence-corrected chi connectivity index (χ1v) is 9.60. The number of aliphatic hydroxyl groups is 1. The van der Waals surface area contributed by atoms with Crippen molar-refractivity contribution in [1.82, 2.24) is 5.32 Å². The van der Waals surface area contributed by atoms with E-state index in [9.17, 15) is 41.4 Å². The molecule has 0 aliphatic carbocycles. The molecule has 0 saturated carbocycles. The highest BCUT2D eigenvalue weighted by molar-refractivity contribution is 5.73. The Labute approximate surface area is 180 Å². The third-order valence-corrected chi connectivity index (χ3v) is 4.75. The van der Waals surface area contributed by atoms with Crippen LogP contribution in [0.25, 0.3) is 11.1 Å². The second-order valence-electron chi connectivity index (χ2n) is 7.98. The number of hydrogen-bond donors (Lipinski definition) is 3. The van der Waals surface area contributed by atoms with Gasteiger partial charge in [0.15, 0.2) is 0 Å². The number of hydrogen-bond acceptors (Lipinski definition) is 3. The zero-order chi connectivity index (χ0) is 24.3. The lowest BCUT2D eigenvalue weighted by molar-refractivity contribution is -0.164. The van der Waals surface area contributed by atoms with Crippen LogP contribution in [-0.2, 0) is 4.79 Å². The minimum Gasteiger partial charge on any atom is -0.480 e. The molecular weight excluding hydrogens is 440 g/mol. The number of nitrogens with one attached hydrogen (secondary N) is 1. The fraction of sp³-hybridized carbons (Fsp3) is 0.409. The number of carboxylic acid groups (broad SMARTS) is 1. The third kappa shape index (κ3) is 6.96. The largest absolute Gasteiger partial charge is 0.480 e. The molecule has 176 valence electrons. The first kappa shape index (κ1) is 25.7. The van der Waals surface area contributed by atoms with Crippen molar-refractivity contribution < 1.29 is 41.4 Å². The van der Waals surface area contributed by atoms with Gasteiger partial charge in [0.2, 0.25) is 0 Å². The van der Waals surface area contributed by atoms with Gasteiger partial charge in [-0.05, 0) is 36.1 Å². The molecule has 2 aromatic rings. The number of halogens is 6. The maximum atomic E-state index is 13.9. The number of aliphatic hydroxyl groups excluding tert-OH is 1. The van der Waals surface area contributed by atoms with Gasteiger partial charge in [-0.1, -0.05) is 48.5 Å². The van der Waals surface area contributed by atoms with Gasteiger partial charge < -0.3 is 10.2 Å². The molecule has 0 fully saturated rings. The molecule has 0 aliphatic rings. The summed E-state index contributed by atoms with van der Waals surface area (Å²) in [7, 11) is 0. The summed E-state index contributed by atoms with van der Waals surface area (Å²) in [4.78, 5) is 11.4. The highest BCUT2D eigenvalue weighted by Gasteiger charge is 2.43. The smallest absolute Gasteiger partial charge is 0.407 e. The predicted octanol–water partition coefficient (Wildman–Crippen LogP) is 5.44. The molecule has 0 saturated heterocycles. The Balaban J connectivity index is 2.27. The van der Waals surface area contributed by atoms with Crippen LogP contribution in [-0.4, -0.2) is 40.5 Å². The molecule has 32 heavy (non-hydrogen) atoms. The fourth-order valence-electron chi connectivity index (χ4n) is 3.17. The lowest BCUT2D eigenvalue weighted by Crippen LogP contribution is -2.47. The van der Waals surface area contributed by atoms with E-state index in [1.165, 1.54) is 36.4 Å². The molecule has 10 heteroatoms. The summed E-state index contributed by atoms with van der Waals surface area (Å²) in [5.41, 5.74) is -1.28. The standard InChI is InChI=1S/C22H23F6NO3/c1-21(2,25)11-16(20(31)32)29-18(22(26,27)28)15-9-5-13(6-10-15)12-3-7-14(8-4-12)17(30)19(23)24/h3-10,16-19,29-30H,11H2,1-2H3,(H,31,32)/t16-,17?,18?/m0/s1. The minimum atomic E-state index is -4.84. The van der Waals surface area contributed by atoms with Crippen molar-refractivity contribution in [3.63, 3.8) is 0 Å². The summed E-state index contributed by atoms with van der Waals surface area (Å²) in [6, 6.07) is 6.39. The predicted molar refractivity (Wildman–Crippen MR) is 106 cm³/mol. The van der Waals surface area contributed by atoms with Crippen molar-refractivity contribution in [2.45, 2.75) is 56.7 Å². The van der Waals surface area contributed by atoms with Gasteiger partial charge in [0, 0.05) is 6.42 Å². The van der Waals surface area contributed by atoms with Crippen LogP contribution in [0.3, 0.4) is 0 Å². The summed E-state index contributed by atoms with van der Waals surface area (Å²) in [6.45, 7) is 2.15. The molecule has 0 bridgehead atoms. The number of carbonyl (C=O) groups is 1. The fourth-order valence-corrected chi connectivity index (χ4v) is 3.17. The van der Waals surface area contributed by atoms with Crippen LogP contribution < -0.4 is 5.32 Å².